The summed E-state index contributed by atoms with van der Waals surface area (Å²) in [6.45, 7) is 2.94. The molecule has 1 aromatic carbocycles. The summed E-state index contributed by atoms with van der Waals surface area (Å²) in [6, 6.07) is 5.50. The fourth-order valence-corrected chi connectivity index (χ4v) is 3.33. The Kier molecular flexibility index (Phi) is 4.90. The molecule has 1 aromatic heterocycles. The van der Waals surface area contributed by atoms with Gasteiger partial charge in [0.15, 0.2) is 0 Å². The van der Waals surface area contributed by atoms with Crippen molar-refractivity contribution in [2.45, 2.75) is 44.0 Å². The average Bonchev–Trinajstić information content (AvgIpc) is 2.82. The van der Waals surface area contributed by atoms with E-state index in [9.17, 15) is 8.42 Å². The van der Waals surface area contributed by atoms with Gasteiger partial charge in [0, 0.05) is 12.7 Å². The van der Waals surface area contributed by atoms with Gasteiger partial charge in [0.05, 0.1) is 18.0 Å². The largest absolute Gasteiger partial charge is 0.496 e. The van der Waals surface area contributed by atoms with Gasteiger partial charge in [-0.05, 0) is 18.6 Å². The van der Waals surface area contributed by atoms with Crippen molar-refractivity contribution < 1.29 is 13.2 Å². The van der Waals surface area contributed by atoms with Crippen LogP contribution in [0.15, 0.2) is 29.3 Å². The van der Waals surface area contributed by atoms with Gasteiger partial charge in [-0.2, -0.15) is 0 Å². The van der Waals surface area contributed by atoms with Crippen LogP contribution in [0.4, 0.5) is 0 Å². The summed E-state index contributed by atoms with van der Waals surface area (Å²) in [5, 5.41) is 5.91. The maximum Gasteiger partial charge on any atom is 0.240 e. The fraction of sp³-hybridized carbons (Fsp3) is 0.467. The van der Waals surface area contributed by atoms with Crippen LogP contribution in [0.2, 0.25) is 0 Å². The number of methoxy groups -OCH3 is 1. The van der Waals surface area contributed by atoms with E-state index in [1.165, 1.54) is 20.0 Å². The first-order valence-electron chi connectivity index (χ1n) is 7.17. The number of sulfonamides is 1. The standard InChI is InChI=1S/C15H22N2O3S/c1-3-4-5-6-10-17-11-14(21(16,18)19)15-12(17)8-7-9-13(15)20-2/h7-9,11H,3-6,10H2,1-2H3,(H2,16,18,19). The average molecular weight is 310 g/mol. The molecule has 1 heterocycles. The van der Waals surface area contributed by atoms with Gasteiger partial charge in [0.2, 0.25) is 10.0 Å². The molecule has 21 heavy (non-hydrogen) atoms. The third kappa shape index (κ3) is 3.39. The quantitative estimate of drug-likeness (QED) is 0.799. The van der Waals surface area contributed by atoms with E-state index in [-0.39, 0.29) is 4.90 Å². The Balaban J connectivity index is 2.48. The van der Waals surface area contributed by atoms with Gasteiger partial charge in [-0.1, -0.05) is 32.3 Å². The maximum atomic E-state index is 11.8. The second-order valence-corrected chi connectivity index (χ2v) is 6.68. The van der Waals surface area contributed by atoms with Crippen LogP contribution in [0, 0.1) is 0 Å². The van der Waals surface area contributed by atoms with E-state index in [1.807, 2.05) is 16.7 Å². The molecule has 2 N–H and O–H groups in total. The highest BCUT2D eigenvalue weighted by Gasteiger charge is 2.20. The van der Waals surface area contributed by atoms with Gasteiger partial charge in [-0.25, -0.2) is 13.6 Å². The van der Waals surface area contributed by atoms with E-state index in [2.05, 4.69) is 6.92 Å². The van der Waals surface area contributed by atoms with Crippen LogP contribution in [0.3, 0.4) is 0 Å². The van der Waals surface area contributed by atoms with Gasteiger partial charge in [-0.15, -0.1) is 0 Å². The minimum absolute atomic E-state index is 0.130. The highest BCUT2D eigenvalue weighted by molar-refractivity contribution is 7.89. The molecule has 5 nitrogen and oxygen atoms in total. The second-order valence-electron chi connectivity index (χ2n) is 5.15. The first-order chi connectivity index (χ1) is 9.99. The lowest BCUT2D eigenvalue weighted by Gasteiger charge is -2.06. The van der Waals surface area contributed by atoms with Gasteiger partial charge >= 0.3 is 0 Å². The molecule has 0 aliphatic heterocycles. The molecular weight excluding hydrogens is 288 g/mol. The van der Waals surface area contributed by atoms with Crippen molar-refractivity contribution in [3.05, 3.63) is 24.4 Å². The molecular formula is C15H22N2O3S. The van der Waals surface area contributed by atoms with Crippen molar-refractivity contribution in [3.63, 3.8) is 0 Å². The number of nitrogens with two attached hydrogens (primary N) is 1. The van der Waals surface area contributed by atoms with Crippen molar-refractivity contribution >= 4 is 20.9 Å². The third-order valence-corrected chi connectivity index (χ3v) is 4.53. The van der Waals surface area contributed by atoms with Crippen LogP contribution in [0.1, 0.15) is 32.6 Å². The lowest BCUT2D eigenvalue weighted by molar-refractivity contribution is 0.419. The molecule has 2 rings (SSSR count). The summed E-state index contributed by atoms with van der Waals surface area (Å²) in [6.07, 6.45) is 6.12. The van der Waals surface area contributed by atoms with E-state index in [4.69, 9.17) is 9.88 Å². The number of unbranched alkanes of at least 4 members (excludes halogenated alkanes) is 3. The molecule has 0 bridgehead atoms. The molecule has 0 saturated heterocycles. The van der Waals surface area contributed by atoms with Crippen molar-refractivity contribution in [2.75, 3.05) is 7.11 Å². The Hall–Kier alpha value is -1.53. The maximum absolute atomic E-state index is 11.8. The molecule has 0 spiro atoms. The summed E-state index contributed by atoms with van der Waals surface area (Å²) in [5.41, 5.74) is 0.842. The van der Waals surface area contributed by atoms with E-state index >= 15 is 0 Å². The normalized spacial score (nSPS) is 12.0. The van der Waals surface area contributed by atoms with Gasteiger partial charge < -0.3 is 9.30 Å². The lowest BCUT2D eigenvalue weighted by atomic mass is 10.2. The molecule has 0 amide bonds. The Bertz CT molecular complexity index is 720. The fourth-order valence-electron chi connectivity index (χ4n) is 2.56. The molecule has 0 aliphatic carbocycles. The van der Waals surface area contributed by atoms with Crippen LogP contribution in [-0.2, 0) is 16.6 Å². The van der Waals surface area contributed by atoms with Crippen LogP contribution >= 0.6 is 0 Å². The van der Waals surface area contributed by atoms with Crippen LogP contribution in [-0.4, -0.2) is 20.1 Å². The molecule has 0 radical (unpaired) electrons. The second kappa shape index (κ2) is 6.49. The van der Waals surface area contributed by atoms with Crippen molar-refractivity contribution in [3.8, 4) is 5.75 Å². The number of rotatable bonds is 7. The lowest BCUT2D eigenvalue weighted by Crippen LogP contribution is -2.11. The molecule has 0 aliphatic rings. The number of ether oxygens (including phenoxy) is 1. The van der Waals surface area contributed by atoms with Crippen LogP contribution < -0.4 is 9.88 Å². The minimum atomic E-state index is -3.78. The van der Waals surface area contributed by atoms with E-state index in [0.717, 1.165) is 24.9 Å². The number of benzene rings is 1. The number of aryl methyl sites for hydroxylation is 1. The molecule has 0 atom stereocenters. The molecule has 0 saturated carbocycles. The van der Waals surface area contributed by atoms with E-state index < -0.39 is 10.0 Å². The van der Waals surface area contributed by atoms with Gasteiger partial charge in [0.1, 0.15) is 10.6 Å². The van der Waals surface area contributed by atoms with Crippen LogP contribution in [0.25, 0.3) is 10.9 Å². The van der Waals surface area contributed by atoms with Crippen molar-refractivity contribution in [2.24, 2.45) is 5.14 Å². The SMILES string of the molecule is CCCCCCn1cc(S(N)(=O)=O)c2c(OC)cccc21. The number of primary sulfonamides is 1. The number of nitrogens with zero attached hydrogens (tertiary/aromatic N) is 1. The highest BCUT2D eigenvalue weighted by Crippen LogP contribution is 2.33. The Labute approximate surface area is 125 Å². The minimum Gasteiger partial charge on any atom is -0.496 e. The molecule has 0 unspecified atom stereocenters. The molecule has 6 heteroatoms. The zero-order valence-electron chi connectivity index (χ0n) is 12.5. The predicted molar refractivity (Wildman–Crippen MR) is 84.0 cm³/mol. The zero-order valence-corrected chi connectivity index (χ0v) is 13.3. The Morgan fingerprint density at radius 3 is 2.62 bits per heavy atom. The summed E-state index contributed by atoms with van der Waals surface area (Å²) in [5.74, 6) is 0.531. The summed E-state index contributed by atoms with van der Waals surface area (Å²) in [7, 11) is -2.25. The first kappa shape index (κ1) is 15.9. The van der Waals surface area contributed by atoms with Gasteiger partial charge in [0.25, 0.3) is 0 Å². The number of aromatic nitrogens is 1. The third-order valence-electron chi connectivity index (χ3n) is 3.61. The summed E-state index contributed by atoms with van der Waals surface area (Å²) in [4.78, 5) is 0.130. The molecule has 2 aromatic rings. The van der Waals surface area contributed by atoms with Crippen molar-refractivity contribution in [1.29, 1.82) is 0 Å². The Morgan fingerprint density at radius 2 is 2.00 bits per heavy atom. The molecule has 116 valence electrons. The molecule has 0 fully saturated rings. The van der Waals surface area contributed by atoms with E-state index in [0.29, 0.717) is 11.1 Å². The summed E-state index contributed by atoms with van der Waals surface area (Å²) < 4.78 is 30.9. The van der Waals surface area contributed by atoms with Crippen molar-refractivity contribution in [1.82, 2.24) is 4.57 Å². The zero-order chi connectivity index (χ0) is 15.5. The highest BCUT2D eigenvalue weighted by atomic mass is 32.2. The smallest absolute Gasteiger partial charge is 0.240 e. The monoisotopic (exact) mass is 310 g/mol. The number of fused-ring (bicyclic) bond motifs is 1. The Morgan fingerprint density at radius 1 is 1.24 bits per heavy atom. The number of hydrogen-bond acceptors (Lipinski definition) is 3. The van der Waals surface area contributed by atoms with Gasteiger partial charge in [-0.3, -0.25) is 0 Å². The number of hydrogen-bond donors (Lipinski definition) is 1. The first-order valence-corrected chi connectivity index (χ1v) is 8.72. The summed E-state index contributed by atoms with van der Waals surface area (Å²) >= 11 is 0. The van der Waals surface area contributed by atoms with E-state index in [1.54, 1.807) is 12.3 Å². The topological polar surface area (TPSA) is 74.3 Å². The van der Waals surface area contributed by atoms with Crippen LogP contribution in [0.5, 0.6) is 5.75 Å². The predicted octanol–water partition coefficient (Wildman–Crippen LogP) is 2.88.